The third-order valence-corrected chi connectivity index (χ3v) is 9.69. The van der Waals surface area contributed by atoms with Crippen LogP contribution in [0, 0.1) is 23.7 Å². The first-order chi connectivity index (χ1) is 13.9. The summed E-state index contributed by atoms with van der Waals surface area (Å²) in [6.07, 6.45) is 11.2. The molecule has 0 aromatic carbocycles. The largest absolute Gasteiger partial charge is 0.465 e. The molecule has 6 rings (SSSR count). The van der Waals surface area contributed by atoms with Crippen molar-refractivity contribution in [1.82, 2.24) is 4.90 Å². The maximum Gasteiger partial charge on any atom is 0.341 e. The first-order valence-corrected chi connectivity index (χ1v) is 12.4. The molecular formula is C23H32N2O2S2. The van der Waals surface area contributed by atoms with Gasteiger partial charge in [-0.15, -0.1) is 11.3 Å². The maximum absolute atomic E-state index is 12.6. The zero-order valence-electron chi connectivity index (χ0n) is 17.8. The second-order valence-corrected chi connectivity index (χ2v) is 11.7. The topological polar surface area (TPSA) is 41.6 Å². The lowest BCUT2D eigenvalue weighted by Gasteiger charge is -2.60. The second-order valence-electron chi connectivity index (χ2n) is 10.2. The number of hydrogen-bond acceptors (Lipinski definition) is 4. The first-order valence-electron chi connectivity index (χ1n) is 11.2. The fourth-order valence-corrected chi connectivity index (χ4v) is 8.79. The summed E-state index contributed by atoms with van der Waals surface area (Å²) in [5.41, 5.74) is 2.12. The Morgan fingerprint density at radius 1 is 1.21 bits per heavy atom. The Hall–Kier alpha value is -1.14. The number of nitrogens with one attached hydrogen (secondary N) is 1. The summed E-state index contributed by atoms with van der Waals surface area (Å²) in [4.78, 5) is 16.3. The molecule has 4 fully saturated rings. The Balaban J connectivity index is 1.40. The van der Waals surface area contributed by atoms with Crippen LogP contribution in [0.25, 0.3) is 0 Å². The number of thiophene rings is 1. The Morgan fingerprint density at radius 3 is 2.41 bits per heavy atom. The van der Waals surface area contributed by atoms with Gasteiger partial charge in [-0.05, 0) is 99.2 Å². The van der Waals surface area contributed by atoms with Crippen molar-refractivity contribution in [2.45, 2.75) is 70.3 Å². The van der Waals surface area contributed by atoms with Gasteiger partial charge in [0.05, 0.1) is 12.7 Å². The minimum absolute atomic E-state index is 0.218. The van der Waals surface area contributed by atoms with E-state index in [0.717, 1.165) is 52.7 Å². The Morgan fingerprint density at radius 2 is 1.83 bits per heavy atom. The summed E-state index contributed by atoms with van der Waals surface area (Å²) >= 11 is 7.62. The number of hydrogen-bond donors (Lipinski definition) is 1. The van der Waals surface area contributed by atoms with E-state index in [2.05, 4.69) is 24.2 Å². The number of esters is 1. The molecule has 4 bridgehead atoms. The van der Waals surface area contributed by atoms with Gasteiger partial charge in [0, 0.05) is 17.5 Å². The zero-order valence-corrected chi connectivity index (χ0v) is 19.4. The minimum atomic E-state index is -0.236. The van der Waals surface area contributed by atoms with Crippen molar-refractivity contribution in [2.24, 2.45) is 23.7 Å². The molecule has 1 aromatic heterocycles. The minimum Gasteiger partial charge on any atom is -0.465 e. The fraction of sp³-hybridized carbons (Fsp3) is 0.739. The summed E-state index contributed by atoms with van der Waals surface area (Å²) in [6.45, 7) is 2.29. The van der Waals surface area contributed by atoms with Crippen molar-refractivity contribution in [3.8, 4) is 0 Å². The zero-order chi connectivity index (χ0) is 20.3. The number of carbonyl (C=O) groups excluding carboxylic acids is 1. The number of nitrogens with zero attached hydrogens (tertiary/aromatic N) is 1. The summed E-state index contributed by atoms with van der Waals surface area (Å²) in [6, 6.07) is 0. The highest BCUT2D eigenvalue weighted by Gasteiger charge is 2.53. The molecule has 0 amide bonds. The molecule has 6 heteroatoms. The molecule has 0 radical (unpaired) electrons. The molecule has 1 aromatic rings. The third kappa shape index (κ3) is 3.31. The molecule has 0 aliphatic heterocycles. The van der Waals surface area contributed by atoms with Crippen LogP contribution in [0.5, 0.6) is 0 Å². The van der Waals surface area contributed by atoms with Gasteiger partial charge in [-0.25, -0.2) is 4.79 Å². The van der Waals surface area contributed by atoms with Crippen molar-refractivity contribution in [1.29, 1.82) is 0 Å². The lowest BCUT2D eigenvalue weighted by molar-refractivity contribution is -0.0538. The van der Waals surface area contributed by atoms with E-state index in [1.807, 2.05) is 0 Å². The van der Waals surface area contributed by atoms with Gasteiger partial charge in [0.1, 0.15) is 5.00 Å². The van der Waals surface area contributed by atoms with E-state index in [4.69, 9.17) is 17.0 Å². The summed E-state index contributed by atoms with van der Waals surface area (Å²) < 4.78 is 5.14. The van der Waals surface area contributed by atoms with E-state index in [-0.39, 0.29) is 11.5 Å². The molecule has 29 heavy (non-hydrogen) atoms. The molecule has 5 aliphatic carbocycles. The lowest BCUT2D eigenvalue weighted by Crippen LogP contribution is -2.60. The van der Waals surface area contributed by atoms with Crippen molar-refractivity contribution in [3.63, 3.8) is 0 Å². The van der Waals surface area contributed by atoms with E-state index in [1.54, 1.807) is 11.3 Å². The first kappa shape index (κ1) is 19.8. The molecule has 0 saturated heterocycles. The predicted molar refractivity (Wildman–Crippen MR) is 122 cm³/mol. The van der Waals surface area contributed by atoms with Crippen LogP contribution in [-0.2, 0) is 17.6 Å². The fourth-order valence-electron chi connectivity index (χ4n) is 7.03. The van der Waals surface area contributed by atoms with Crippen molar-refractivity contribution >= 4 is 39.6 Å². The molecule has 1 atom stereocenters. The van der Waals surface area contributed by atoms with E-state index in [9.17, 15) is 4.79 Å². The lowest BCUT2D eigenvalue weighted by atomic mass is 9.52. The average Bonchev–Trinajstić information content (AvgIpc) is 3.02. The van der Waals surface area contributed by atoms with Crippen LogP contribution in [0.2, 0.25) is 0 Å². The molecule has 1 heterocycles. The third-order valence-electron chi connectivity index (χ3n) is 8.14. The number of carbonyl (C=O) groups is 1. The smallest absolute Gasteiger partial charge is 0.341 e. The predicted octanol–water partition coefficient (Wildman–Crippen LogP) is 5.26. The molecule has 0 spiro atoms. The van der Waals surface area contributed by atoms with E-state index in [1.165, 1.54) is 56.1 Å². The number of thiocarbonyl (C=S) groups is 1. The number of ether oxygens (including phenoxy) is 1. The van der Waals surface area contributed by atoms with Gasteiger partial charge in [0.2, 0.25) is 0 Å². The van der Waals surface area contributed by atoms with Crippen LogP contribution in [-0.4, -0.2) is 35.7 Å². The van der Waals surface area contributed by atoms with Crippen LogP contribution >= 0.6 is 23.6 Å². The quantitative estimate of drug-likeness (QED) is 0.521. The standard InChI is InChI=1S/C23H32N2O2S2/c1-13-4-5-17-18(6-13)29-20(19(17)21(26)27-3)24-22(28)25(2)23-10-14-7-15(11-23)9-16(8-14)12-23/h13-16H,4-12H2,1-3H3,(H,24,28). The Kier molecular flexibility index (Phi) is 4.93. The Bertz CT molecular complexity index is 811. The SMILES string of the molecule is COC(=O)c1c(NC(=S)N(C)C23CC4CC(CC(C4)C2)C3)sc2c1CCC(C)C2. The molecule has 4 saturated carbocycles. The summed E-state index contributed by atoms with van der Waals surface area (Å²) in [5, 5.41) is 5.15. The molecular weight excluding hydrogens is 400 g/mol. The van der Waals surface area contributed by atoms with Crippen LogP contribution in [0.15, 0.2) is 0 Å². The van der Waals surface area contributed by atoms with E-state index in [0.29, 0.717) is 5.92 Å². The van der Waals surface area contributed by atoms with Crippen LogP contribution < -0.4 is 5.32 Å². The van der Waals surface area contributed by atoms with Gasteiger partial charge in [-0.1, -0.05) is 6.92 Å². The molecule has 1 N–H and O–H groups in total. The van der Waals surface area contributed by atoms with Crippen molar-refractivity contribution in [3.05, 3.63) is 16.0 Å². The average molecular weight is 433 g/mol. The van der Waals surface area contributed by atoms with E-state index >= 15 is 0 Å². The highest BCUT2D eigenvalue weighted by atomic mass is 32.1. The highest BCUT2D eigenvalue weighted by molar-refractivity contribution is 7.80. The van der Waals surface area contributed by atoms with Crippen LogP contribution in [0.1, 0.15) is 72.7 Å². The molecule has 158 valence electrons. The maximum atomic E-state index is 12.6. The number of rotatable bonds is 3. The molecule has 4 nitrogen and oxygen atoms in total. The molecule has 5 aliphatic rings. The van der Waals surface area contributed by atoms with Crippen LogP contribution in [0.4, 0.5) is 5.00 Å². The van der Waals surface area contributed by atoms with E-state index < -0.39 is 0 Å². The second kappa shape index (κ2) is 7.23. The summed E-state index contributed by atoms with van der Waals surface area (Å²) in [7, 11) is 3.65. The monoisotopic (exact) mass is 432 g/mol. The number of anilines is 1. The molecule has 1 unspecified atom stereocenters. The summed E-state index contributed by atoms with van der Waals surface area (Å²) in [5.74, 6) is 3.08. The highest BCUT2D eigenvalue weighted by Crippen LogP contribution is 2.57. The van der Waals surface area contributed by atoms with Gasteiger partial charge in [0.25, 0.3) is 0 Å². The number of methoxy groups -OCH3 is 1. The van der Waals surface area contributed by atoms with Gasteiger partial charge in [0.15, 0.2) is 5.11 Å². The normalized spacial score (nSPS) is 34.6. The Labute approximate surface area is 183 Å². The van der Waals surface area contributed by atoms with Gasteiger partial charge in [-0.2, -0.15) is 0 Å². The number of fused-ring (bicyclic) bond motifs is 1. The van der Waals surface area contributed by atoms with Gasteiger partial charge < -0.3 is 15.0 Å². The van der Waals surface area contributed by atoms with Crippen molar-refractivity contribution < 1.29 is 9.53 Å². The van der Waals surface area contributed by atoms with Gasteiger partial charge >= 0.3 is 5.97 Å². The van der Waals surface area contributed by atoms with Crippen molar-refractivity contribution in [2.75, 3.05) is 19.5 Å². The van der Waals surface area contributed by atoms with Crippen LogP contribution in [0.3, 0.4) is 0 Å². The van der Waals surface area contributed by atoms with Gasteiger partial charge in [-0.3, -0.25) is 0 Å².